The summed E-state index contributed by atoms with van der Waals surface area (Å²) in [5.41, 5.74) is 6.59. The lowest BCUT2D eigenvalue weighted by atomic mass is 10.1. The molecule has 0 aliphatic heterocycles. The molecule has 122 valence electrons. The van der Waals surface area contributed by atoms with Gasteiger partial charge in [0.05, 0.1) is 12.4 Å². The maximum atomic E-state index is 12.6. The molecule has 3 aromatic rings. The predicted octanol–water partition coefficient (Wildman–Crippen LogP) is 1.65. The van der Waals surface area contributed by atoms with E-state index in [0.717, 1.165) is 13.0 Å². The molecule has 0 fully saturated rings. The van der Waals surface area contributed by atoms with Crippen molar-refractivity contribution in [3.05, 3.63) is 70.4 Å². The molecule has 0 aliphatic rings. The molecule has 0 aliphatic carbocycles. The molecule has 0 atom stereocenters. The number of hydrogen-bond acceptors (Lipinski definition) is 5. The van der Waals surface area contributed by atoms with Gasteiger partial charge in [-0.05, 0) is 18.6 Å². The van der Waals surface area contributed by atoms with Crippen LogP contribution in [-0.4, -0.2) is 25.3 Å². The van der Waals surface area contributed by atoms with Crippen molar-refractivity contribution in [2.75, 3.05) is 5.73 Å². The molecule has 0 bridgehead atoms. The van der Waals surface area contributed by atoms with Crippen LogP contribution >= 0.6 is 0 Å². The van der Waals surface area contributed by atoms with Crippen molar-refractivity contribution in [2.24, 2.45) is 0 Å². The van der Waals surface area contributed by atoms with Gasteiger partial charge < -0.3 is 5.73 Å². The van der Waals surface area contributed by atoms with Gasteiger partial charge in [-0.25, -0.2) is 4.68 Å². The number of carbonyl (C=O) groups excluding carboxylic acids is 1. The Labute approximate surface area is 138 Å². The molecule has 2 heterocycles. The number of nitrogens with two attached hydrogens (primary N) is 1. The summed E-state index contributed by atoms with van der Waals surface area (Å²) in [6.45, 7) is 2.84. The second-order valence-electron chi connectivity index (χ2n) is 5.39. The summed E-state index contributed by atoms with van der Waals surface area (Å²) >= 11 is 0. The van der Waals surface area contributed by atoms with Crippen molar-refractivity contribution in [3.8, 4) is 5.69 Å². The third-order valence-electron chi connectivity index (χ3n) is 3.51. The molecule has 2 N–H and O–H groups in total. The summed E-state index contributed by atoms with van der Waals surface area (Å²) in [7, 11) is 0. The molecular formula is C17H17N5O2. The fraction of sp³-hybridized carbons (Fsp3) is 0.176. The van der Waals surface area contributed by atoms with E-state index in [1.54, 1.807) is 29.1 Å². The van der Waals surface area contributed by atoms with Crippen LogP contribution < -0.4 is 11.2 Å². The van der Waals surface area contributed by atoms with E-state index in [2.05, 4.69) is 17.1 Å². The predicted molar refractivity (Wildman–Crippen MR) is 90.2 cm³/mol. The van der Waals surface area contributed by atoms with Gasteiger partial charge in [-0.3, -0.25) is 14.3 Å². The van der Waals surface area contributed by atoms with Crippen molar-refractivity contribution < 1.29 is 4.79 Å². The van der Waals surface area contributed by atoms with E-state index < -0.39 is 11.2 Å². The number of ketones is 1. The van der Waals surface area contributed by atoms with Gasteiger partial charge in [0, 0.05) is 30.1 Å². The topological polar surface area (TPSA) is 95.8 Å². The van der Waals surface area contributed by atoms with Crippen molar-refractivity contribution in [2.45, 2.75) is 19.9 Å². The van der Waals surface area contributed by atoms with Crippen molar-refractivity contribution in [3.63, 3.8) is 0 Å². The van der Waals surface area contributed by atoms with E-state index in [0.29, 0.717) is 16.9 Å². The minimum atomic E-state index is -0.456. The molecule has 0 spiro atoms. The highest BCUT2D eigenvalue weighted by Gasteiger charge is 2.16. The van der Waals surface area contributed by atoms with Gasteiger partial charge >= 0.3 is 0 Å². The lowest BCUT2D eigenvalue weighted by Gasteiger charge is -2.05. The zero-order valence-corrected chi connectivity index (χ0v) is 13.2. The fourth-order valence-corrected chi connectivity index (χ4v) is 2.35. The number of carbonyl (C=O) groups is 1. The molecule has 1 aromatic carbocycles. The standard InChI is InChI=1S/C17H17N5O2/c1-2-7-21-11-14(10-19-21)22-8-6-15(23)16(20-22)17(24)12-4-3-5-13(18)9-12/h3-6,8-11H,2,7,18H2,1H3. The first-order chi connectivity index (χ1) is 11.6. The van der Waals surface area contributed by atoms with Gasteiger partial charge in [-0.1, -0.05) is 19.1 Å². The quantitative estimate of drug-likeness (QED) is 0.569. The van der Waals surface area contributed by atoms with Crippen LogP contribution in [0.15, 0.2) is 53.7 Å². The lowest BCUT2D eigenvalue weighted by molar-refractivity contribution is 0.103. The first-order valence-electron chi connectivity index (χ1n) is 7.61. The van der Waals surface area contributed by atoms with Gasteiger partial charge in [-0.2, -0.15) is 10.2 Å². The van der Waals surface area contributed by atoms with Crippen LogP contribution in [0.3, 0.4) is 0 Å². The van der Waals surface area contributed by atoms with Gasteiger partial charge in [-0.15, -0.1) is 0 Å². The van der Waals surface area contributed by atoms with Gasteiger partial charge in [0.25, 0.3) is 0 Å². The van der Waals surface area contributed by atoms with Gasteiger partial charge in [0.2, 0.25) is 11.2 Å². The second kappa shape index (κ2) is 6.49. The average molecular weight is 323 g/mol. The summed E-state index contributed by atoms with van der Waals surface area (Å²) in [6.07, 6.45) is 5.93. The third-order valence-corrected chi connectivity index (χ3v) is 3.51. The van der Waals surface area contributed by atoms with E-state index in [-0.39, 0.29) is 5.69 Å². The smallest absolute Gasteiger partial charge is 0.217 e. The molecule has 0 radical (unpaired) electrons. The van der Waals surface area contributed by atoms with Crippen LogP contribution in [0.4, 0.5) is 5.69 Å². The third kappa shape index (κ3) is 3.10. The minimum absolute atomic E-state index is 0.147. The monoisotopic (exact) mass is 323 g/mol. The van der Waals surface area contributed by atoms with E-state index in [1.807, 2.05) is 6.20 Å². The van der Waals surface area contributed by atoms with Crippen LogP contribution in [0.2, 0.25) is 0 Å². The maximum absolute atomic E-state index is 12.6. The van der Waals surface area contributed by atoms with Gasteiger partial charge in [0.15, 0.2) is 5.69 Å². The number of aromatic nitrogens is 4. The Balaban J connectivity index is 1.99. The molecule has 3 rings (SSSR count). The van der Waals surface area contributed by atoms with Crippen LogP contribution in [-0.2, 0) is 6.54 Å². The Morgan fingerprint density at radius 2 is 2.12 bits per heavy atom. The Morgan fingerprint density at radius 3 is 2.88 bits per heavy atom. The summed E-state index contributed by atoms with van der Waals surface area (Å²) in [6, 6.07) is 7.80. The van der Waals surface area contributed by atoms with Crippen molar-refractivity contribution >= 4 is 11.5 Å². The summed E-state index contributed by atoms with van der Waals surface area (Å²) in [5, 5.41) is 8.41. The molecule has 0 unspecified atom stereocenters. The summed E-state index contributed by atoms with van der Waals surface area (Å²) in [4.78, 5) is 24.6. The number of hydrogen-bond donors (Lipinski definition) is 1. The minimum Gasteiger partial charge on any atom is -0.399 e. The molecule has 2 aromatic heterocycles. The Morgan fingerprint density at radius 1 is 1.29 bits per heavy atom. The van der Waals surface area contributed by atoms with E-state index in [9.17, 15) is 9.59 Å². The molecule has 0 saturated carbocycles. The number of nitrogen functional groups attached to an aromatic ring is 1. The van der Waals surface area contributed by atoms with Crippen LogP contribution in [0.25, 0.3) is 5.69 Å². The SMILES string of the molecule is CCCn1cc(-n2ccc(=O)c(C(=O)c3cccc(N)c3)n2)cn1. The second-order valence-corrected chi connectivity index (χ2v) is 5.39. The highest BCUT2D eigenvalue weighted by Crippen LogP contribution is 2.11. The molecule has 0 saturated heterocycles. The van der Waals surface area contributed by atoms with E-state index in [4.69, 9.17) is 5.73 Å². The maximum Gasteiger partial charge on any atom is 0.217 e. The Hall–Kier alpha value is -3.22. The van der Waals surface area contributed by atoms with E-state index in [1.165, 1.54) is 23.0 Å². The molecular weight excluding hydrogens is 306 g/mol. The van der Waals surface area contributed by atoms with E-state index >= 15 is 0 Å². The van der Waals surface area contributed by atoms with Crippen LogP contribution in [0.5, 0.6) is 0 Å². The number of benzene rings is 1. The zero-order valence-electron chi connectivity index (χ0n) is 13.2. The lowest BCUT2D eigenvalue weighted by Crippen LogP contribution is -2.21. The van der Waals surface area contributed by atoms with Crippen molar-refractivity contribution in [1.82, 2.24) is 19.6 Å². The highest BCUT2D eigenvalue weighted by molar-refractivity contribution is 6.07. The molecule has 7 heteroatoms. The number of nitrogens with zero attached hydrogens (tertiary/aromatic N) is 4. The zero-order chi connectivity index (χ0) is 17.1. The van der Waals surface area contributed by atoms with Crippen LogP contribution in [0, 0.1) is 0 Å². The first kappa shape index (κ1) is 15.7. The van der Waals surface area contributed by atoms with Crippen LogP contribution in [0.1, 0.15) is 29.4 Å². The summed E-state index contributed by atoms with van der Waals surface area (Å²) < 4.78 is 3.26. The van der Waals surface area contributed by atoms with Crippen molar-refractivity contribution in [1.29, 1.82) is 0 Å². The largest absolute Gasteiger partial charge is 0.399 e. The fourth-order valence-electron chi connectivity index (χ4n) is 2.35. The highest BCUT2D eigenvalue weighted by atomic mass is 16.1. The first-order valence-corrected chi connectivity index (χ1v) is 7.61. The number of aryl methyl sites for hydroxylation is 1. The average Bonchev–Trinajstić information content (AvgIpc) is 3.04. The molecule has 0 amide bonds. The van der Waals surface area contributed by atoms with Gasteiger partial charge in [0.1, 0.15) is 5.69 Å². The summed E-state index contributed by atoms with van der Waals surface area (Å²) in [5.74, 6) is -0.456. The normalized spacial score (nSPS) is 10.7. The Bertz CT molecular complexity index is 942. The molecule has 7 nitrogen and oxygen atoms in total. The number of anilines is 1. The molecule has 24 heavy (non-hydrogen) atoms. The number of rotatable bonds is 5. The Kier molecular flexibility index (Phi) is 4.24.